The Balaban J connectivity index is 1.23. The van der Waals surface area contributed by atoms with Crippen molar-refractivity contribution < 1.29 is 9.18 Å². The van der Waals surface area contributed by atoms with Crippen molar-refractivity contribution in [3.05, 3.63) is 107 Å². The largest absolute Gasteiger partial charge is 0.350 e. The molecule has 46 heavy (non-hydrogen) atoms. The molecule has 11 heteroatoms. The van der Waals surface area contributed by atoms with Crippen LogP contribution in [0.15, 0.2) is 67.3 Å². The molecule has 0 spiro atoms. The Morgan fingerprint density at radius 2 is 2.02 bits per heavy atom. The fourth-order valence-corrected chi connectivity index (χ4v) is 5.96. The maximum atomic E-state index is 15.2. The predicted octanol–water partition coefficient (Wildman–Crippen LogP) is 6.17. The summed E-state index contributed by atoms with van der Waals surface area (Å²) >= 11 is 6.82. The molecule has 0 aliphatic carbocycles. The minimum atomic E-state index is -0.663. The van der Waals surface area contributed by atoms with Crippen molar-refractivity contribution in [2.45, 2.75) is 44.7 Å². The number of halogens is 2. The molecular weight excluding hydrogens is 603 g/mol. The van der Waals surface area contributed by atoms with Gasteiger partial charge in [0.25, 0.3) is 5.91 Å². The van der Waals surface area contributed by atoms with Gasteiger partial charge in [0, 0.05) is 49.3 Å². The molecule has 1 aliphatic rings. The molecule has 1 amide bonds. The van der Waals surface area contributed by atoms with Gasteiger partial charge < -0.3 is 16.0 Å². The number of hydrogen-bond acceptors (Lipinski definition) is 6. The minimum absolute atomic E-state index is 0.0921. The van der Waals surface area contributed by atoms with Crippen LogP contribution < -0.4 is 16.0 Å². The average Bonchev–Trinajstić information content (AvgIpc) is 3.79. The molecule has 1 saturated heterocycles. The van der Waals surface area contributed by atoms with Crippen LogP contribution >= 0.6 is 11.6 Å². The van der Waals surface area contributed by atoms with Gasteiger partial charge in [-0.15, -0.1) is 11.6 Å². The number of nitrogens with zero attached hydrogens (tertiary/aromatic N) is 4. The normalized spacial score (nSPS) is 15.1. The van der Waals surface area contributed by atoms with Crippen LogP contribution in [0.1, 0.15) is 58.6 Å². The standard InChI is InChI=1S/C35H36ClFN8O/c1-22-14-31(37)29(15-23(22)8-10-28-19-39-33-32(6-5-12-45(28)33)42-27-17-40-41-18-27)34(46)43-25-9-7-24(30(16-25)35(2,3)36)20-44-13-11-26(21-44)38-4/h5-7,9,12,14-19,26,38,42H,11,13,20-21H2,1-4H3,(H,40,41)(H,43,46). The number of carbonyl (C=O) groups excluding carboxylic acids is 1. The fourth-order valence-electron chi connectivity index (χ4n) is 5.79. The molecule has 0 bridgehead atoms. The molecule has 3 aromatic heterocycles. The Morgan fingerprint density at radius 1 is 1.17 bits per heavy atom. The zero-order valence-corrected chi connectivity index (χ0v) is 27.0. The first-order valence-electron chi connectivity index (χ1n) is 15.2. The summed E-state index contributed by atoms with van der Waals surface area (Å²) in [4.78, 5) is 19.7. The number of aryl methyl sites for hydroxylation is 1. The van der Waals surface area contributed by atoms with Gasteiger partial charge in [0.1, 0.15) is 11.5 Å². The van der Waals surface area contributed by atoms with Crippen LogP contribution in [-0.2, 0) is 11.4 Å². The summed E-state index contributed by atoms with van der Waals surface area (Å²) in [7, 11) is 1.99. The van der Waals surface area contributed by atoms with E-state index in [0.717, 1.165) is 48.6 Å². The van der Waals surface area contributed by atoms with Gasteiger partial charge in [-0.1, -0.05) is 12.0 Å². The number of imidazole rings is 1. The summed E-state index contributed by atoms with van der Waals surface area (Å²) in [6, 6.07) is 12.8. The highest BCUT2D eigenvalue weighted by Gasteiger charge is 2.26. The van der Waals surface area contributed by atoms with Crippen LogP contribution in [0.5, 0.6) is 0 Å². The lowest BCUT2D eigenvalue weighted by Crippen LogP contribution is -2.30. The van der Waals surface area contributed by atoms with Crippen molar-refractivity contribution in [3.8, 4) is 11.8 Å². The number of rotatable bonds is 8. The van der Waals surface area contributed by atoms with Crippen LogP contribution in [-0.4, -0.2) is 56.6 Å². The van der Waals surface area contributed by atoms with E-state index in [1.807, 2.05) is 61.8 Å². The lowest BCUT2D eigenvalue weighted by molar-refractivity contribution is 0.102. The van der Waals surface area contributed by atoms with Crippen LogP contribution in [0.25, 0.3) is 5.65 Å². The number of amides is 1. The maximum Gasteiger partial charge on any atom is 0.258 e. The molecule has 4 N–H and O–H groups in total. The summed E-state index contributed by atoms with van der Waals surface area (Å²) in [5.74, 6) is 5.08. The third-order valence-corrected chi connectivity index (χ3v) is 8.48. The molecule has 1 fully saturated rings. The summed E-state index contributed by atoms with van der Waals surface area (Å²) in [5.41, 5.74) is 6.58. The molecule has 1 unspecified atom stereocenters. The third kappa shape index (κ3) is 6.77. The monoisotopic (exact) mass is 638 g/mol. The van der Waals surface area contributed by atoms with E-state index in [2.05, 4.69) is 47.9 Å². The number of H-pyrrole nitrogens is 1. The van der Waals surface area contributed by atoms with E-state index < -0.39 is 16.6 Å². The first-order valence-corrected chi connectivity index (χ1v) is 15.5. The van der Waals surface area contributed by atoms with E-state index in [9.17, 15) is 4.79 Å². The van der Waals surface area contributed by atoms with Gasteiger partial charge in [0.05, 0.1) is 34.2 Å². The molecule has 4 heterocycles. The van der Waals surface area contributed by atoms with Gasteiger partial charge in [-0.2, -0.15) is 5.10 Å². The third-order valence-electron chi connectivity index (χ3n) is 8.28. The van der Waals surface area contributed by atoms with Crippen LogP contribution in [0.4, 0.5) is 21.5 Å². The SMILES string of the molecule is CNC1CCN(Cc2ccc(NC(=O)c3cc(C#Cc4cnc5c(Nc6cn[nH]c6)cccn45)c(C)cc3F)cc2C(C)(C)Cl)C1. The quantitative estimate of drug-likeness (QED) is 0.120. The van der Waals surface area contributed by atoms with Gasteiger partial charge >= 0.3 is 0 Å². The van der Waals surface area contributed by atoms with E-state index in [1.165, 1.54) is 12.1 Å². The number of fused-ring (bicyclic) bond motifs is 1. The highest BCUT2D eigenvalue weighted by atomic mass is 35.5. The number of aromatic amines is 1. The van der Waals surface area contributed by atoms with Crippen molar-refractivity contribution in [1.82, 2.24) is 29.8 Å². The fraction of sp³-hybridized carbons (Fsp3) is 0.286. The Morgan fingerprint density at radius 3 is 2.76 bits per heavy atom. The number of likely N-dealkylation sites (N-methyl/N-ethyl adjacent to an activating group) is 1. The van der Waals surface area contributed by atoms with Crippen molar-refractivity contribution in [2.75, 3.05) is 30.8 Å². The Bertz CT molecular complexity index is 1950. The topological polar surface area (TPSA) is 102 Å². The van der Waals surface area contributed by atoms with E-state index in [0.29, 0.717) is 34.2 Å². The molecule has 1 atom stereocenters. The Labute approximate surface area is 272 Å². The number of likely N-dealkylation sites (tertiary alicyclic amines) is 1. The van der Waals surface area contributed by atoms with Crippen molar-refractivity contribution >= 4 is 40.2 Å². The number of benzene rings is 2. The number of pyridine rings is 1. The summed E-state index contributed by atoms with van der Waals surface area (Å²) in [6.45, 7) is 8.38. The van der Waals surface area contributed by atoms with Gasteiger partial charge in [-0.25, -0.2) is 9.37 Å². The van der Waals surface area contributed by atoms with E-state index in [1.54, 1.807) is 25.5 Å². The molecule has 0 radical (unpaired) electrons. The first-order chi connectivity index (χ1) is 22.1. The van der Waals surface area contributed by atoms with Crippen LogP contribution in [0.2, 0.25) is 0 Å². The Kier molecular flexibility index (Phi) is 8.82. The van der Waals surface area contributed by atoms with Gasteiger partial charge in [0.15, 0.2) is 5.65 Å². The van der Waals surface area contributed by atoms with Gasteiger partial charge in [-0.05, 0) is 93.2 Å². The number of alkyl halides is 1. The lowest BCUT2D eigenvalue weighted by atomic mass is 9.95. The highest BCUT2D eigenvalue weighted by molar-refractivity contribution is 6.23. The summed E-state index contributed by atoms with van der Waals surface area (Å²) < 4.78 is 17.0. The van der Waals surface area contributed by atoms with Crippen molar-refractivity contribution in [2.24, 2.45) is 0 Å². The molecule has 5 aromatic rings. The second kappa shape index (κ2) is 13.0. The summed E-state index contributed by atoms with van der Waals surface area (Å²) in [5, 5.41) is 16.2. The van der Waals surface area contributed by atoms with Crippen molar-refractivity contribution in [1.29, 1.82) is 0 Å². The predicted molar refractivity (Wildman–Crippen MR) is 180 cm³/mol. The zero-order valence-electron chi connectivity index (χ0n) is 26.2. The first kappa shape index (κ1) is 31.3. The number of anilines is 3. The molecule has 236 valence electrons. The van der Waals surface area contributed by atoms with Gasteiger partial charge in [-0.3, -0.25) is 19.2 Å². The smallest absolute Gasteiger partial charge is 0.258 e. The number of aromatic nitrogens is 4. The van der Waals surface area contributed by atoms with E-state index in [4.69, 9.17) is 11.6 Å². The molecule has 0 saturated carbocycles. The van der Waals surface area contributed by atoms with Crippen LogP contribution in [0, 0.1) is 24.6 Å². The number of carbonyl (C=O) groups is 1. The number of hydrogen-bond donors (Lipinski definition) is 4. The molecule has 9 nitrogen and oxygen atoms in total. The molecule has 1 aliphatic heterocycles. The van der Waals surface area contributed by atoms with E-state index in [-0.39, 0.29) is 5.56 Å². The lowest BCUT2D eigenvalue weighted by Gasteiger charge is -2.25. The number of nitrogens with one attached hydrogen (secondary N) is 4. The molecular formula is C35H36ClFN8O. The zero-order chi connectivity index (χ0) is 32.4. The van der Waals surface area contributed by atoms with Crippen LogP contribution in [0.3, 0.4) is 0 Å². The minimum Gasteiger partial charge on any atom is -0.350 e. The maximum absolute atomic E-state index is 15.2. The molecule has 6 rings (SSSR count). The highest BCUT2D eigenvalue weighted by Crippen LogP contribution is 2.34. The van der Waals surface area contributed by atoms with Gasteiger partial charge in [0.2, 0.25) is 0 Å². The van der Waals surface area contributed by atoms with E-state index >= 15 is 4.39 Å². The van der Waals surface area contributed by atoms with Crippen molar-refractivity contribution in [3.63, 3.8) is 0 Å². The molecule has 2 aromatic carbocycles. The summed E-state index contributed by atoms with van der Waals surface area (Å²) in [6.07, 6.45) is 8.08. The Hall–Kier alpha value is -4.69. The second-order valence-corrected chi connectivity index (χ2v) is 13.0. The second-order valence-electron chi connectivity index (χ2n) is 12.1. The average molecular weight is 639 g/mol.